The Morgan fingerprint density at radius 3 is 2.24 bits per heavy atom. The highest BCUT2D eigenvalue weighted by Gasteiger charge is 2.29. The summed E-state index contributed by atoms with van der Waals surface area (Å²) in [5, 5.41) is 4.79. The molecule has 38 heavy (non-hydrogen) atoms. The van der Waals surface area contributed by atoms with E-state index in [4.69, 9.17) is 0 Å². The molecule has 0 spiro atoms. The topological polar surface area (TPSA) is 73.0 Å². The van der Waals surface area contributed by atoms with Crippen molar-refractivity contribution in [3.05, 3.63) is 82.0 Å². The Morgan fingerprint density at radius 1 is 0.921 bits per heavy atom. The first kappa shape index (κ1) is 27.4. The van der Waals surface area contributed by atoms with E-state index in [-0.39, 0.29) is 23.6 Å². The Kier molecular flexibility index (Phi) is 9.18. The van der Waals surface area contributed by atoms with Gasteiger partial charge in [-0.2, -0.15) is 0 Å². The summed E-state index contributed by atoms with van der Waals surface area (Å²) in [6, 6.07) is 19.1. The van der Waals surface area contributed by atoms with E-state index in [0.717, 1.165) is 17.7 Å². The van der Waals surface area contributed by atoms with Crippen LogP contribution in [0.5, 0.6) is 0 Å². The van der Waals surface area contributed by atoms with Crippen molar-refractivity contribution in [1.82, 2.24) is 9.80 Å². The lowest BCUT2D eigenvalue weighted by atomic mass is 9.94. The zero-order valence-electron chi connectivity index (χ0n) is 22.4. The van der Waals surface area contributed by atoms with E-state index >= 15 is 0 Å². The number of rotatable bonds is 9. The molecule has 1 N–H and O–H groups in total. The normalized spacial score (nSPS) is 14.2. The minimum absolute atomic E-state index is 0.0640. The summed E-state index contributed by atoms with van der Waals surface area (Å²) in [7, 11) is 0. The third-order valence-electron chi connectivity index (χ3n) is 7.12. The smallest absolute Gasteiger partial charge is 0.265 e. The lowest BCUT2D eigenvalue weighted by Crippen LogP contribution is -2.50. The molecule has 2 heterocycles. The van der Waals surface area contributed by atoms with Crippen LogP contribution in [0.3, 0.4) is 0 Å². The van der Waals surface area contributed by atoms with Crippen molar-refractivity contribution in [2.45, 2.75) is 33.1 Å². The Balaban J connectivity index is 1.52. The minimum Gasteiger partial charge on any atom is -0.367 e. The number of thiophene rings is 1. The van der Waals surface area contributed by atoms with Crippen molar-refractivity contribution < 1.29 is 14.4 Å². The van der Waals surface area contributed by atoms with E-state index in [1.165, 1.54) is 11.3 Å². The van der Waals surface area contributed by atoms with Crippen molar-refractivity contribution in [3.63, 3.8) is 0 Å². The highest BCUT2D eigenvalue weighted by molar-refractivity contribution is 7.12. The number of carbonyl (C=O) groups excluding carboxylic acids is 3. The van der Waals surface area contributed by atoms with Crippen molar-refractivity contribution >= 4 is 40.4 Å². The van der Waals surface area contributed by atoms with Crippen molar-refractivity contribution in [3.8, 4) is 0 Å². The van der Waals surface area contributed by atoms with Crippen molar-refractivity contribution in [1.29, 1.82) is 0 Å². The van der Waals surface area contributed by atoms with Crippen LogP contribution in [-0.4, -0.2) is 66.8 Å². The van der Waals surface area contributed by atoms with E-state index in [2.05, 4.69) is 17.1 Å². The molecule has 2 aromatic carbocycles. The van der Waals surface area contributed by atoms with Crippen molar-refractivity contribution in [2.75, 3.05) is 49.5 Å². The van der Waals surface area contributed by atoms with Crippen LogP contribution in [0, 0.1) is 0 Å². The van der Waals surface area contributed by atoms with Gasteiger partial charge in [0.05, 0.1) is 16.4 Å². The van der Waals surface area contributed by atoms with E-state index < -0.39 is 0 Å². The number of anilines is 2. The number of amides is 3. The van der Waals surface area contributed by atoms with Gasteiger partial charge in [0.15, 0.2) is 0 Å². The molecule has 1 unspecified atom stereocenters. The van der Waals surface area contributed by atoms with Crippen molar-refractivity contribution in [2.24, 2.45) is 0 Å². The van der Waals surface area contributed by atoms with Gasteiger partial charge in [-0.15, -0.1) is 11.3 Å². The largest absolute Gasteiger partial charge is 0.367 e. The van der Waals surface area contributed by atoms with Gasteiger partial charge in [-0.25, -0.2) is 0 Å². The molecular weight excluding hydrogens is 496 g/mol. The molecule has 0 aliphatic carbocycles. The molecule has 3 amide bonds. The molecule has 1 atom stereocenters. The molecule has 1 aliphatic heterocycles. The zero-order chi connectivity index (χ0) is 27.1. The van der Waals surface area contributed by atoms with Crippen LogP contribution >= 0.6 is 11.3 Å². The Bertz CT molecular complexity index is 1230. The van der Waals surface area contributed by atoms with Crippen LogP contribution in [-0.2, 0) is 4.79 Å². The summed E-state index contributed by atoms with van der Waals surface area (Å²) in [5.41, 5.74) is 3.03. The van der Waals surface area contributed by atoms with Crippen LogP contribution in [0.25, 0.3) is 0 Å². The van der Waals surface area contributed by atoms with Crippen LogP contribution in [0.4, 0.5) is 11.4 Å². The quantitative estimate of drug-likeness (QED) is 0.405. The standard InChI is InChI=1S/C30H36N4O3S/c1-4-24(22-11-8-7-9-12-22)29(36)34-18-16-33(17-19-34)26-15-14-23(31-28(35)27-13-10-20-38-27)21-25(26)30(37)32(5-2)6-3/h7-15,20-21,24H,4-6,16-19H2,1-3H3,(H,31,35). The van der Waals surface area contributed by atoms with Crippen LogP contribution in [0.15, 0.2) is 66.0 Å². The highest BCUT2D eigenvalue weighted by Crippen LogP contribution is 2.29. The summed E-state index contributed by atoms with van der Waals surface area (Å²) in [4.78, 5) is 46.0. The van der Waals surface area contributed by atoms with Gasteiger partial charge in [0.25, 0.3) is 11.8 Å². The summed E-state index contributed by atoms with van der Waals surface area (Å²) in [5.74, 6) is -0.242. The molecular formula is C30H36N4O3S. The van der Waals surface area contributed by atoms with Gasteiger partial charge in [-0.3, -0.25) is 14.4 Å². The predicted octanol–water partition coefficient (Wildman–Crippen LogP) is 5.32. The molecule has 0 bridgehead atoms. The third kappa shape index (κ3) is 6.07. The molecule has 1 aromatic heterocycles. The maximum absolute atomic E-state index is 13.5. The summed E-state index contributed by atoms with van der Waals surface area (Å²) < 4.78 is 0. The maximum Gasteiger partial charge on any atom is 0.265 e. The van der Waals surface area contributed by atoms with Gasteiger partial charge >= 0.3 is 0 Å². The number of nitrogens with zero attached hydrogens (tertiary/aromatic N) is 3. The van der Waals surface area contributed by atoms with Gasteiger partial charge in [-0.05, 0) is 55.5 Å². The highest BCUT2D eigenvalue weighted by atomic mass is 32.1. The fraction of sp³-hybridized carbons (Fsp3) is 0.367. The molecule has 7 nitrogen and oxygen atoms in total. The molecule has 0 radical (unpaired) electrons. The number of piperazine rings is 1. The maximum atomic E-state index is 13.5. The monoisotopic (exact) mass is 532 g/mol. The predicted molar refractivity (Wildman–Crippen MR) is 154 cm³/mol. The molecule has 4 rings (SSSR count). The Morgan fingerprint density at radius 2 is 1.63 bits per heavy atom. The van der Waals surface area contributed by atoms with Crippen LogP contribution in [0.1, 0.15) is 58.7 Å². The van der Waals surface area contributed by atoms with Crippen LogP contribution in [0.2, 0.25) is 0 Å². The van der Waals surface area contributed by atoms with E-state index in [9.17, 15) is 14.4 Å². The van der Waals surface area contributed by atoms with Gasteiger partial charge in [0, 0.05) is 50.6 Å². The van der Waals surface area contributed by atoms with Gasteiger partial charge in [0.1, 0.15) is 0 Å². The first-order valence-corrected chi connectivity index (χ1v) is 14.2. The average molecular weight is 533 g/mol. The molecule has 0 saturated carbocycles. The van der Waals surface area contributed by atoms with E-state index in [1.807, 2.05) is 72.7 Å². The second-order valence-corrected chi connectivity index (χ2v) is 10.3. The number of benzene rings is 2. The SMILES string of the molecule is CCC(C(=O)N1CCN(c2ccc(NC(=O)c3cccs3)cc2C(=O)N(CC)CC)CC1)c1ccccc1. The van der Waals surface area contributed by atoms with Crippen LogP contribution < -0.4 is 10.2 Å². The minimum atomic E-state index is -0.190. The Labute approximate surface area is 229 Å². The number of hydrogen-bond donors (Lipinski definition) is 1. The summed E-state index contributed by atoms with van der Waals surface area (Å²) in [6.07, 6.45) is 0.754. The van der Waals surface area contributed by atoms with Gasteiger partial charge in [0.2, 0.25) is 5.91 Å². The number of nitrogens with one attached hydrogen (secondary N) is 1. The lowest BCUT2D eigenvalue weighted by molar-refractivity contribution is -0.133. The zero-order valence-corrected chi connectivity index (χ0v) is 23.2. The Hall–Kier alpha value is -3.65. The second-order valence-electron chi connectivity index (χ2n) is 9.32. The lowest BCUT2D eigenvalue weighted by Gasteiger charge is -2.38. The molecule has 8 heteroatoms. The van der Waals surface area contributed by atoms with Gasteiger partial charge < -0.3 is 20.0 Å². The number of carbonyl (C=O) groups is 3. The third-order valence-corrected chi connectivity index (χ3v) is 7.99. The fourth-order valence-electron chi connectivity index (χ4n) is 4.97. The average Bonchev–Trinajstić information content (AvgIpc) is 3.50. The molecule has 1 saturated heterocycles. The fourth-order valence-corrected chi connectivity index (χ4v) is 5.59. The van der Waals surface area contributed by atoms with E-state index in [0.29, 0.717) is 55.4 Å². The van der Waals surface area contributed by atoms with Gasteiger partial charge in [-0.1, -0.05) is 43.3 Å². The molecule has 200 valence electrons. The van der Waals surface area contributed by atoms with E-state index in [1.54, 1.807) is 17.0 Å². The first-order valence-electron chi connectivity index (χ1n) is 13.3. The first-order chi connectivity index (χ1) is 18.5. The summed E-state index contributed by atoms with van der Waals surface area (Å²) >= 11 is 1.38. The summed E-state index contributed by atoms with van der Waals surface area (Å²) in [6.45, 7) is 9.63. The molecule has 1 aliphatic rings. The second kappa shape index (κ2) is 12.7. The molecule has 1 fully saturated rings. The molecule has 3 aromatic rings. The number of hydrogen-bond acceptors (Lipinski definition) is 5.